The van der Waals surface area contributed by atoms with E-state index in [1.54, 1.807) is 0 Å². The summed E-state index contributed by atoms with van der Waals surface area (Å²) in [7, 11) is -1.81. The third-order valence-corrected chi connectivity index (χ3v) is 2.01. The van der Waals surface area contributed by atoms with Crippen molar-refractivity contribution in [3.05, 3.63) is 24.0 Å². The molecule has 0 aliphatic heterocycles. The first-order chi connectivity index (χ1) is 7.15. The maximum absolute atomic E-state index is 13.0. The SMILES string of the molecule is CCCCOc1ccc(F)c(B(O)O)c1. The van der Waals surface area contributed by atoms with E-state index in [0.29, 0.717) is 12.4 Å². The number of hydrogen-bond donors (Lipinski definition) is 2. The monoisotopic (exact) mass is 212 g/mol. The highest BCUT2D eigenvalue weighted by atomic mass is 19.1. The van der Waals surface area contributed by atoms with Crippen LogP contribution < -0.4 is 10.2 Å². The van der Waals surface area contributed by atoms with Crippen LogP contribution >= 0.6 is 0 Å². The standard InChI is InChI=1S/C10H14BFO3/c1-2-3-6-15-8-4-5-10(12)9(7-8)11(13)14/h4-5,7,13-14H,2-3,6H2,1H3. The van der Waals surface area contributed by atoms with Crippen LogP contribution in [0.15, 0.2) is 18.2 Å². The van der Waals surface area contributed by atoms with E-state index in [-0.39, 0.29) is 5.46 Å². The molecule has 0 heterocycles. The molecule has 1 aromatic rings. The Labute approximate surface area is 88.7 Å². The zero-order valence-electron chi connectivity index (χ0n) is 8.61. The van der Waals surface area contributed by atoms with Gasteiger partial charge in [-0.3, -0.25) is 0 Å². The van der Waals surface area contributed by atoms with E-state index in [0.717, 1.165) is 18.9 Å². The Bertz CT molecular complexity index is 318. The van der Waals surface area contributed by atoms with Gasteiger partial charge in [-0.15, -0.1) is 0 Å². The molecule has 0 radical (unpaired) electrons. The molecule has 5 heteroatoms. The Morgan fingerprint density at radius 1 is 1.40 bits per heavy atom. The highest BCUT2D eigenvalue weighted by Gasteiger charge is 2.17. The molecule has 0 aliphatic rings. The first kappa shape index (κ1) is 12.0. The van der Waals surface area contributed by atoms with E-state index in [1.807, 2.05) is 6.92 Å². The summed E-state index contributed by atoms with van der Waals surface area (Å²) in [4.78, 5) is 0. The highest BCUT2D eigenvalue weighted by molar-refractivity contribution is 6.58. The summed E-state index contributed by atoms with van der Waals surface area (Å²) in [5.41, 5.74) is -0.163. The van der Waals surface area contributed by atoms with E-state index in [1.165, 1.54) is 12.1 Å². The van der Waals surface area contributed by atoms with Crippen LogP contribution in [0.25, 0.3) is 0 Å². The predicted octanol–water partition coefficient (Wildman–Crippen LogP) is 0.684. The Kier molecular flexibility index (Phi) is 4.58. The van der Waals surface area contributed by atoms with Crippen LogP contribution in [0.3, 0.4) is 0 Å². The normalized spacial score (nSPS) is 10.1. The maximum atomic E-state index is 13.0. The summed E-state index contributed by atoms with van der Waals surface area (Å²) in [5.74, 6) is -0.194. The lowest BCUT2D eigenvalue weighted by atomic mass is 9.80. The fourth-order valence-electron chi connectivity index (χ4n) is 1.14. The van der Waals surface area contributed by atoms with E-state index in [4.69, 9.17) is 14.8 Å². The van der Waals surface area contributed by atoms with Crippen molar-refractivity contribution in [2.24, 2.45) is 0 Å². The van der Waals surface area contributed by atoms with Crippen molar-refractivity contribution in [2.75, 3.05) is 6.61 Å². The van der Waals surface area contributed by atoms with Crippen molar-refractivity contribution in [3.63, 3.8) is 0 Å². The van der Waals surface area contributed by atoms with Crippen LogP contribution in [0.1, 0.15) is 19.8 Å². The highest BCUT2D eigenvalue weighted by Crippen LogP contribution is 2.10. The van der Waals surface area contributed by atoms with Gasteiger partial charge in [0.25, 0.3) is 0 Å². The van der Waals surface area contributed by atoms with Gasteiger partial charge in [0.15, 0.2) is 0 Å². The van der Waals surface area contributed by atoms with Crippen molar-refractivity contribution in [1.82, 2.24) is 0 Å². The van der Waals surface area contributed by atoms with Crippen molar-refractivity contribution in [1.29, 1.82) is 0 Å². The molecular formula is C10H14BFO3. The van der Waals surface area contributed by atoms with Gasteiger partial charge in [-0.2, -0.15) is 0 Å². The van der Waals surface area contributed by atoms with Crippen LogP contribution in [0.5, 0.6) is 5.75 Å². The molecule has 0 atom stereocenters. The number of unbranched alkanes of at least 4 members (excludes halogenated alkanes) is 1. The average Bonchev–Trinajstić information content (AvgIpc) is 2.20. The lowest BCUT2D eigenvalue weighted by Gasteiger charge is -2.07. The largest absolute Gasteiger partial charge is 0.494 e. The van der Waals surface area contributed by atoms with E-state index >= 15 is 0 Å². The fraction of sp³-hybridized carbons (Fsp3) is 0.400. The van der Waals surface area contributed by atoms with Gasteiger partial charge in [-0.25, -0.2) is 4.39 Å². The van der Waals surface area contributed by atoms with Gasteiger partial charge in [0.2, 0.25) is 0 Å². The van der Waals surface area contributed by atoms with Gasteiger partial charge in [0.1, 0.15) is 11.6 Å². The van der Waals surface area contributed by atoms with Gasteiger partial charge in [-0.1, -0.05) is 13.3 Å². The molecular weight excluding hydrogens is 198 g/mol. The van der Waals surface area contributed by atoms with E-state index in [9.17, 15) is 4.39 Å². The fourth-order valence-corrected chi connectivity index (χ4v) is 1.14. The second kappa shape index (κ2) is 5.73. The van der Waals surface area contributed by atoms with Crippen LogP contribution in [0, 0.1) is 5.82 Å². The molecule has 3 nitrogen and oxygen atoms in total. The summed E-state index contributed by atoms with van der Waals surface area (Å²) in [6, 6.07) is 3.93. The molecule has 1 rings (SSSR count). The Morgan fingerprint density at radius 2 is 2.13 bits per heavy atom. The molecule has 15 heavy (non-hydrogen) atoms. The first-order valence-electron chi connectivity index (χ1n) is 4.93. The molecule has 0 bridgehead atoms. The molecule has 0 unspecified atom stereocenters. The van der Waals surface area contributed by atoms with E-state index < -0.39 is 12.9 Å². The maximum Gasteiger partial charge on any atom is 0.491 e. The van der Waals surface area contributed by atoms with Crippen molar-refractivity contribution in [3.8, 4) is 5.75 Å². The summed E-state index contributed by atoms with van der Waals surface area (Å²) in [6.07, 6.45) is 1.92. The van der Waals surface area contributed by atoms with Crippen molar-refractivity contribution >= 4 is 12.6 Å². The quantitative estimate of drug-likeness (QED) is 0.557. The second-order valence-corrected chi connectivity index (χ2v) is 3.26. The molecule has 0 amide bonds. The zero-order chi connectivity index (χ0) is 11.3. The van der Waals surface area contributed by atoms with Crippen LogP contribution in [0.4, 0.5) is 4.39 Å². The minimum absolute atomic E-state index is 0.163. The lowest BCUT2D eigenvalue weighted by Crippen LogP contribution is -2.32. The Morgan fingerprint density at radius 3 is 2.73 bits per heavy atom. The molecule has 0 spiro atoms. The van der Waals surface area contributed by atoms with E-state index in [2.05, 4.69) is 0 Å². The predicted molar refractivity (Wildman–Crippen MR) is 56.6 cm³/mol. The van der Waals surface area contributed by atoms with Crippen molar-refractivity contribution < 1.29 is 19.2 Å². The number of ether oxygens (including phenoxy) is 1. The second-order valence-electron chi connectivity index (χ2n) is 3.26. The molecule has 0 saturated carbocycles. The summed E-state index contributed by atoms with van der Waals surface area (Å²) >= 11 is 0. The molecule has 0 fully saturated rings. The van der Waals surface area contributed by atoms with Crippen LogP contribution in [0.2, 0.25) is 0 Å². The zero-order valence-corrected chi connectivity index (χ0v) is 8.61. The number of halogens is 1. The topological polar surface area (TPSA) is 49.7 Å². The smallest absolute Gasteiger partial charge is 0.491 e. The van der Waals surface area contributed by atoms with Gasteiger partial charge in [-0.05, 0) is 24.6 Å². The van der Waals surface area contributed by atoms with Gasteiger partial charge >= 0.3 is 7.12 Å². The summed E-state index contributed by atoms with van der Waals surface area (Å²) in [5, 5.41) is 17.7. The lowest BCUT2D eigenvalue weighted by molar-refractivity contribution is 0.309. The Balaban J connectivity index is 2.70. The molecule has 1 aromatic carbocycles. The molecule has 0 aromatic heterocycles. The number of rotatable bonds is 5. The third-order valence-electron chi connectivity index (χ3n) is 2.01. The number of hydrogen-bond acceptors (Lipinski definition) is 3. The van der Waals surface area contributed by atoms with Gasteiger partial charge in [0.05, 0.1) is 6.61 Å². The van der Waals surface area contributed by atoms with Crippen LogP contribution in [-0.2, 0) is 0 Å². The summed E-state index contributed by atoms with van der Waals surface area (Å²) in [6.45, 7) is 2.58. The first-order valence-corrected chi connectivity index (χ1v) is 4.93. The Hall–Kier alpha value is -1.07. The van der Waals surface area contributed by atoms with Crippen molar-refractivity contribution in [2.45, 2.75) is 19.8 Å². The molecule has 82 valence electrons. The van der Waals surface area contributed by atoms with Gasteiger partial charge in [0, 0.05) is 5.46 Å². The summed E-state index contributed by atoms with van der Waals surface area (Å²) < 4.78 is 18.3. The molecule has 0 aliphatic carbocycles. The number of benzene rings is 1. The van der Waals surface area contributed by atoms with Gasteiger partial charge < -0.3 is 14.8 Å². The minimum atomic E-state index is -1.81. The average molecular weight is 212 g/mol. The minimum Gasteiger partial charge on any atom is -0.494 e. The van der Waals surface area contributed by atoms with Crippen LogP contribution in [-0.4, -0.2) is 23.8 Å². The molecule has 0 saturated heterocycles. The molecule has 2 N–H and O–H groups in total. The third kappa shape index (κ3) is 3.53.